The van der Waals surface area contributed by atoms with E-state index in [1.807, 2.05) is 36.4 Å². The Labute approximate surface area is 151 Å². The second kappa shape index (κ2) is 7.93. The number of nitrogens with two attached hydrogens (primary N) is 1. The van der Waals surface area contributed by atoms with Gasteiger partial charge in [0.2, 0.25) is 0 Å². The second-order valence-electron chi connectivity index (χ2n) is 5.29. The highest BCUT2D eigenvalue weighted by Crippen LogP contribution is 2.33. The molecule has 0 saturated carbocycles. The van der Waals surface area contributed by atoms with Crippen LogP contribution in [0, 0.1) is 0 Å². The van der Waals surface area contributed by atoms with Crippen LogP contribution in [0.4, 0.5) is 28.7 Å². The minimum Gasteiger partial charge on any atom is -0.497 e. The van der Waals surface area contributed by atoms with Crippen molar-refractivity contribution < 1.29 is 9.47 Å². The quantitative estimate of drug-likeness (QED) is 0.480. The Morgan fingerprint density at radius 1 is 0.885 bits per heavy atom. The Morgan fingerprint density at radius 3 is 2.38 bits per heavy atom. The van der Waals surface area contributed by atoms with Crippen LogP contribution in [0.2, 0.25) is 0 Å². The maximum atomic E-state index is 6.20. The van der Waals surface area contributed by atoms with Crippen LogP contribution in [-0.4, -0.2) is 24.2 Å². The van der Waals surface area contributed by atoms with Crippen molar-refractivity contribution in [2.45, 2.75) is 0 Å². The summed E-state index contributed by atoms with van der Waals surface area (Å²) in [6, 6.07) is 15.0. The molecule has 1 heterocycles. The summed E-state index contributed by atoms with van der Waals surface area (Å²) in [6.07, 6.45) is 1.42. The number of aromatic nitrogens is 2. The number of hydrazine groups is 1. The third-order valence-corrected chi connectivity index (χ3v) is 3.64. The molecule has 5 N–H and O–H groups in total. The van der Waals surface area contributed by atoms with Gasteiger partial charge in [-0.25, -0.2) is 9.97 Å². The molecule has 3 rings (SSSR count). The Hall–Kier alpha value is -3.68. The predicted octanol–water partition coefficient (Wildman–Crippen LogP) is 3.26. The molecule has 26 heavy (non-hydrogen) atoms. The van der Waals surface area contributed by atoms with Crippen LogP contribution in [0.15, 0.2) is 54.9 Å². The lowest BCUT2D eigenvalue weighted by Crippen LogP contribution is -2.13. The molecule has 0 unspecified atom stereocenters. The normalized spacial score (nSPS) is 10.1. The number of rotatable bonds is 7. The van der Waals surface area contributed by atoms with E-state index in [0.29, 0.717) is 34.5 Å². The van der Waals surface area contributed by atoms with E-state index in [4.69, 9.17) is 15.2 Å². The number of nitrogen functional groups attached to an aromatic ring is 1. The van der Waals surface area contributed by atoms with Gasteiger partial charge >= 0.3 is 0 Å². The lowest BCUT2D eigenvalue weighted by Gasteiger charge is -2.15. The molecule has 0 aliphatic rings. The molecule has 0 atom stereocenters. The van der Waals surface area contributed by atoms with Crippen LogP contribution in [0.3, 0.4) is 0 Å². The molecule has 0 aliphatic heterocycles. The predicted molar refractivity (Wildman–Crippen MR) is 103 cm³/mol. The largest absolute Gasteiger partial charge is 0.497 e. The van der Waals surface area contributed by atoms with E-state index in [1.165, 1.54) is 6.33 Å². The van der Waals surface area contributed by atoms with Crippen molar-refractivity contribution >= 4 is 28.7 Å². The highest BCUT2D eigenvalue weighted by Gasteiger charge is 2.11. The Morgan fingerprint density at radius 2 is 1.65 bits per heavy atom. The van der Waals surface area contributed by atoms with Crippen LogP contribution in [0.1, 0.15) is 0 Å². The van der Waals surface area contributed by atoms with Gasteiger partial charge in [-0.2, -0.15) is 0 Å². The maximum Gasteiger partial charge on any atom is 0.173 e. The van der Waals surface area contributed by atoms with Crippen molar-refractivity contribution in [3.05, 3.63) is 54.9 Å². The zero-order chi connectivity index (χ0) is 18.4. The number of hydrogen-bond acceptors (Lipinski definition) is 8. The van der Waals surface area contributed by atoms with Gasteiger partial charge in [0.05, 0.1) is 25.6 Å². The van der Waals surface area contributed by atoms with E-state index in [9.17, 15) is 0 Å². The van der Waals surface area contributed by atoms with Gasteiger partial charge < -0.3 is 20.5 Å². The summed E-state index contributed by atoms with van der Waals surface area (Å²) in [5.41, 5.74) is 14.1. The average Bonchev–Trinajstić information content (AvgIpc) is 2.69. The minimum atomic E-state index is 0.362. The van der Waals surface area contributed by atoms with Crippen molar-refractivity contribution in [2.24, 2.45) is 0 Å². The molecular formula is C18H20N6O2. The number of para-hydroxylation sites is 1. The first kappa shape index (κ1) is 17.2. The molecule has 134 valence electrons. The van der Waals surface area contributed by atoms with Gasteiger partial charge in [-0.05, 0) is 24.3 Å². The van der Waals surface area contributed by atoms with Crippen LogP contribution >= 0.6 is 0 Å². The lowest BCUT2D eigenvalue weighted by atomic mass is 10.2. The number of hydrogen-bond donors (Lipinski definition) is 4. The minimum absolute atomic E-state index is 0.362. The molecule has 3 aromatic rings. The van der Waals surface area contributed by atoms with Crippen LogP contribution in [0.25, 0.3) is 0 Å². The first-order chi connectivity index (χ1) is 12.7. The van der Waals surface area contributed by atoms with E-state index in [0.717, 1.165) is 5.69 Å². The number of nitrogens with zero attached hydrogens (tertiary/aromatic N) is 2. The van der Waals surface area contributed by atoms with Crippen molar-refractivity contribution in [2.75, 3.05) is 36.1 Å². The number of methoxy groups -OCH3 is 2. The van der Waals surface area contributed by atoms with Crippen molar-refractivity contribution in [1.82, 2.24) is 9.97 Å². The molecule has 8 heteroatoms. The third kappa shape index (κ3) is 3.86. The Bertz CT molecular complexity index is 873. The van der Waals surface area contributed by atoms with Gasteiger partial charge in [0.1, 0.15) is 23.5 Å². The van der Waals surface area contributed by atoms with Gasteiger partial charge in [0.25, 0.3) is 0 Å². The molecule has 1 aromatic heterocycles. The third-order valence-electron chi connectivity index (χ3n) is 3.64. The number of benzene rings is 2. The van der Waals surface area contributed by atoms with E-state index >= 15 is 0 Å². The fourth-order valence-electron chi connectivity index (χ4n) is 2.29. The molecule has 2 aromatic carbocycles. The van der Waals surface area contributed by atoms with E-state index in [-0.39, 0.29) is 0 Å². The Balaban J connectivity index is 1.81. The zero-order valence-electron chi connectivity index (χ0n) is 14.5. The summed E-state index contributed by atoms with van der Waals surface area (Å²) in [5, 5.41) is 3.16. The van der Waals surface area contributed by atoms with Crippen molar-refractivity contribution in [1.29, 1.82) is 0 Å². The first-order valence-electron chi connectivity index (χ1n) is 7.88. The summed E-state index contributed by atoms with van der Waals surface area (Å²) in [5.74, 6) is 2.22. The fraction of sp³-hybridized carbons (Fsp3) is 0.111. The molecule has 0 fully saturated rings. The molecule has 0 aliphatic carbocycles. The van der Waals surface area contributed by atoms with Crippen molar-refractivity contribution in [3.63, 3.8) is 0 Å². The van der Waals surface area contributed by atoms with Gasteiger partial charge in [0, 0.05) is 6.07 Å². The molecule has 0 spiro atoms. The van der Waals surface area contributed by atoms with Gasteiger partial charge in [-0.3, -0.25) is 10.9 Å². The number of ether oxygens (including phenoxy) is 2. The molecule has 0 bridgehead atoms. The summed E-state index contributed by atoms with van der Waals surface area (Å²) in [7, 11) is 3.19. The fourth-order valence-corrected chi connectivity index (χ4v) is 2.29. The van der Waals surface area contributed by atoms with Gasteiger partial charge in [-0.15, -0.1) is 0 Å². The van der Waals surface area contributed by atoms with E-state index in [1.54, 1.807) is 26.4 Å². The summed E-state index contributed by atoms with van der Waals surface area (Å²) >= 11 is 0. The molecule has 8 nitrogen and oxygen atoms in total. The van der Waals surface area contributed by atoms with Crippen molar-refractivity contribution in [3.8, 4) is 11.5 Å². The SMILES string of the molecule is COc1ccc(OC)c(Nc2ncnc(NNc3ccccc3)c2N)c1. The van der Waals surface area contributed by atoms with E-state index in [2.05, 4.69) is 26.1 Å². The topological polar surface area (TPSA) is 106 Å². The van der Waals surface area contributed by atoms with Gasteiger partial charge in [0.15, 0.2) is 11.6 Å². The monoisotopic (exact) mass is 352 g/mol. The maximum absolute atomic E-state index is 6.20. The summed E-state index contributed by atoms with van der Waals surface area (Å²) < 4.78 is 10.6. The van der Waals surface area contributed by atoms with Crippen LogP contribution in [-0.2, 0) is 0 Å². The van der Waals surface area contributed by atoms with Crippen LogP contribution in [0.5, 0.6) is 11.5 Å². The molecule has 0 radical (unpaired) electrons. The van der Waals surface area contributed by atoms with E-state index < -0.39 is 0 Å². The molecular weight excluding hydrogens is 332 g/mol. The van der Waals surface area contributed by atoms with Crippen LogP contribution < -0.4 is 31.4 Å². The molecule has 0 amide bonds. The summed E-state index contributed by atoms with van der Waals surface area (Å²) in [6.45, 7) is 0. The molecule has 0 saturated heterocycles. The number of anilines is 5. The standard InChI is InChI=1S/C18H20N6O2/c1-25-13-8-9-15(26-2)14(10-13)22-17-16(19)18(21-11-20-17)24-23-12-6-4-3-5-7-12/h3-11,23H,19H2,1-2H3,(H2,20,21,22,24). The number of nitrogens with one attached hydrogen (secondary N) is 3. The highest BCUT2D eigenvalue weighted by atomic mass is 16.5. The Kier molecular flexibility index (Phi) is 5.23. The zero-order valence-corrected chi connectivity index (χ0v) is 14.5. The average molecular weight is 352 g/mol. The van der Waals surface area contributed by atoms with Gasteiger partial charge in [-0.1, -0.05) is 18.2 Å². The summed E-state index contributed by atoms with van der Waals surface area (Å²) in [4.78, 5) is 8.38. The lowest BCUT2D eigenvalue weighted by molar-refractivity contribution is 0.405. The first-order valence-corrected chi connectivity index (χ1v) is 7.88. The highest BCUT2D eigenvalue weighted by molar-refractivity contribution is 5.80. The smallest absolute Gasteiger partial charge is 0.173 e. The second-order valence-corrected chi connectivity index (χ2v) is 5.29.